The highest BCUT2D eigenvalue weighted by Gasteiger charge is 2.35. The minimum atomic E-state index is -0.876. The summed E-state index contributed by atoms with van der Waals surface area (Å²) in [5.41, 5.74) is 6.91. The van der Waals surface area contributed by atoms with E-state index in [1.165, 1.54) is 0 Å². The van der Waals surface area contributed by atoms with Crippen LogP contribution in [-0.4, -0.2) is 22.2 Å². The van der Waals surface area contributed by atoms with Crippen LogP contribution >= 0.6 is 0 Å². The van der Waals surface area contributed by atoms with Crippen molar-refractivity contribution in [3.05, 3.63) is 68.9 Å². The molecule has 0 saturated carbocycles. The van der Waals surface area contributed by atoms with Crippen molar-refractivity contribution in [2.75, 3.05) is 0 Å². The van der Waals surface area contributed by atoms with Gasteiger partial charge >= 0.3 is 11.9 Å². The molecule has 0 heterocycles. The van der Waals surface area contributed by atoms with Crippen molar-refractivity contribution in [2.45, 2.75) is 25.7 Å². The first-order valence-electron chi connectivity index (χ1n) is 7.36. The van der Waals surface area contributed by atoms with Gasteiger partial charge in [0.2, 0.25) is 0 Å². The number of hydrogen-bond acceptors (Lipinski definition) is 2. The largest absolute Gasteiger partial charge is 0.478 e. The highest BCUT2D eigenvalue weighted by Crippen LogP contribution is 2.49. The maximum Gasteiger partial charge on any atom is 0.335 e. The van der Waals surface area contributed by atoms with Crippen LogP contribution in [0.25, 0.3) is 0 Å². The summed E-state index contributed by atoms with van der Waals surface area (Å²) >= 11 is 0. The number of hydrogen-bond donors (Lipinski definition) is 2. The monoisotopic (exact) mass is 294 g/mol. The topological polar surface area (TPSA) is 74.6 Å². The van der Waals surface area contributed by atoms with Gasteiger partial charge in [0, 0.05) is 0 Å². The molecule has 0 bridgehead atoms. The molecule has 0 atom stereocenters. The van der Waals surface area contributed by atoms with Crippen LogP contribution in [0, 0.1) is 0 Å². The van der Waals surface area contributed by atoms with Crippen molar-refractivity contribution in [3.8, 4) is 0 Å². The standard InChI is InChI=1S/C18H14O4/c19-17(20)11-5-1-3-9-13(11)7-15(9)16-8-14-10(16)4-2-6-12(14)18(21)22/h5-8H,1-4H2,(H,19,20)(H,21,22). The van der Waals surface area contributed by atoms with Crippen LogP contribution in [0.4, 0.5) is 0 Å². The van der Waals surface area contributed by atoms with Crippen molar-refractivity contribution in [2.24, 2.45) is 0 Å². The molecule has 4 aliphatic rings. The van der Waals surface area contributed by atoms with E-state index in [0.717, 1.165) is 59.1 Å². The van der Waals surface area contributed by atoms with E-state index in [1.807, 2.05) is 12.2 Å². The molecule has 2 N–H and O–H groups in total. The zero-order valence-electron chi connectivity index (χ0n) is 11.8. The summed E-state index contributed by atoms with van der Waals surface area (Å²) < 4.78 is 0. The van der Waals surface area contributed by atoms with Crippen molar-refractivity contribution in [1.29, 1.82) is 0 Å². The van der Waals surface area contributed by atoms with Gasteiger partial charge < -0.3 is 10.2 Å². The minimum absolute atomic E-state index is 0.397. The second-order valence-electron chi connectivity index (χ2n) is 5.82. The second kappa shape index (κ2) is 4.44. The number of aliphatic carboxylic acids is 2. The quantitative estimate of drug-likeness (QED) is 0.839. The Hall–Kier alpha value is -2.62. The summed E-state index contributed by atoms with van der Waals surface area (Å²) in [4.78, 5) is 22.4. The van der Waals surface area contributed by atoms with Gasteiger partial charge in [-0.05, 0) is 71.3 Å². The lowest BCUT2D eigenvalue weighted by Gasteiger charge is -2.35. The molecule has 22 heavy (non-hydrogen) atoms. The Morgan fingerprint density at radius 1 is 0.773 bits per heavy atom. The molecule has 4 nitrogen and oxygen atoms in total. The van der Waals surface area contributed by atoms with E-state index >= 15 is 0 Å². The molecule has 0 saturated heterocycles. The molecule has 0 aromatic heterocycles. The normalized spacial score (nSPS) is 22.4. The van der Waals surface area contributed by atoms with E-state index in [9.17, 15) is 19.8 Å². The van der Waals surface area contributed by atoms with Crippen LogP contribution in [0.15, 0.2) is 68.9 Å². The number of rotatable bonds is 3. The van der Waals surface area contributed by atoms with E-state index in [4.69, 9.17) is 0 Å². The fraction of sp³-hybridized carbons (Fsp3) is 0.222. The lowest BCUT2D eigenvalue weighted by Crippen LogP contribution is -2.22. The first-order chi connectivity index (χ1) is 10.6. The van der Waals surface area contributed by atoms with Gasteiger partial charge in [-0.3, -0.25) is 0 Å². The van der Waals surface area contributed by atoms with Crippen LogP contribution in [-0.2, 0) is 9.59 Å². The Bertz CT molecular complexity index is 755. The molecular weight excluding hydrogens is 280 g/mol. The fourth-order valence-corrected chi connectivity index (χ4v) is 3.62. The molecule has 0 aromatic rings. The van der Waals surface area contributed by atoms with E-state index < -0.39 is 11.9 Å². The molecule has 0 radical (unpaired) electrons. The molecule has 4 heteroatoms. The Morgan fingerprint density at radius 3 is 1.55 bits per heavy atom. The number of carboxylic acids is 2. The molecule has 0 amide bonds. The average Bonchev–Trinajstić information content (AvgIpc) is 2.44. The van der Waals surface area contributed by atoms with Gasteiger partial charge in [-0.1, -0.05) is 12.2 Å². The zero-order chi connectivity index (χ0) is 15.4. The minimum Gasteiger partial charge on any atom is -0.478 e. The summed E-state index contributed by atoms with van der Waals surface area (Å²) in [5.74, 6) is -1.75. The van der Waals surface area contributed by atoms with E-state index in [0.29, 0.717) is 11.1 Å². The molecule has 0 fully saturated rings. The Balaban J connectivity index is 1.65. The molecule has 0 aromatic carbocycles. The van der Waals surface area contributed by atoms with Crippen molar-refractivity contribution >= 4 is 11.9 Å². The first-order valence-corrected chi connectivity index (χ1v) is 7.36. The van der Waals surface area contributed by atoms with Crippen LogP contribution in [0.3, 0.4) is 0 Å². The Morgan fingerprint density at radius 2 is 1.18 bits per heavy atom. The van der Waals surface area contributed by atoms with Crippen molar-refractivity contribution in [1.82, 2.24) is 0 Å². The molecule has 110 valence electrons. The summed E-state index contributed by atoms with van der Waals surface area (Å²) in [7, 11) is 0. The van der Waals surface area contributed by atoms with Gasteiger partial charge in [0.15, 0.2) is 0 Å². The van der Waals surface area contributed by atoms with Crippen LogP contribution in [0.2, 0.25) is 0 Å². The molecule has 0 unspecified atom stereocenters. The lowest BCUT2D eigenvalue weighted by molar-refractivity contribution is -0.133. The van der Waals surface area contributed by atoms with E-state index in [1.54, 1.807) is 12.2 Å². The summed E-state index contributed by atoms with van der Waals surface area (Å²) in [6.07, 6.45) is 10.6. The third-order valence-electron chi connectivity index (χ3n) is 4.69. The Labute approximate surface area is 127 Å². The van der Waals surface area contributed by atoms with E-state index in [-0.39, 0.29) is 0 Å². The third kappa shape index (κ3) is 1.64. The van der Waals surface area contributed by atoms with Gasteiger partial charge in [0.25, 0.3) is 0 Å². The fourth-order valence-electron chi connectivity index (χ4n) is 3.62. The summed E-state index contributed by atoms with van der Waals surface area (Å²) in [6.45, 7) is 0. The average molecular weight is 294 g/mol. The predicted molar refractivity (Wildman–Crippen MR) is 80.1 cm³/mol. The van der Waals surface area contributed by atoms with E-state index in [2.05, 4.69) is 0 Å². The highest BCUT2D eigenvalue weighted by atomic mass is 16.4. The summed E-state index contributed by atoms with van der Waals surface area (Å²) in [5, 5.41) is 18.4. The zero-order valence-corrected chi connectivity index (χ0v) is 11.8. The summed E-state index contributed by atoms with van der Waals surface area (Å²) in [6, 6.07) is 0. The van der Waals surface area contributed by atoms with Crippen molar-refractivity contribution in [3.63, 3.8) is 0 Å². The van der Waals surface area contributed by atoms with Gasteiger partial charge in [0.05, 0.1) is 11.1 Å². The molecular formula is C18H14O4. The van der Waals surface area contributed by atoms with Crippen molar-refractivity contribution < 1.29 is 19.8 Å². The van der Waals surface area contributed by atoms with Gasteiger partial charge in [0.1, 0.15) is 0 Å². The Kier molecular flexibility index (Phi) is 2.64. The van der Waals surface area contributed by atoms with Crippen LogP contribution < -0.4 is 0 Å². The highest BCUT2D eigenvalue weighted by molar-refractivity contribution is 5.99. The third-order valence-corrected chi connectivity index (χ3v) is 4.69. The number of allylic oxidation sites excluding steroid dienone is 8. The smallest absolute Gasteiger partial charge is 0.335 e. The first kappa shape index (κ1) is 13.1. The predicted octanol–water partition coefficient (Wildman–Crippen LogP) is 3.07. The van der Waals surface area contributed by atoms with Crippen LogP contribution in [0.5, 0.6) is 0 Å². The van der Waals surface area contributed by atoms with Crippen LogP contribution in [0.1, 0.15) is 25.7 Å². The number of fused-ring (bicyclic) bond motifs is 2. The molecule has 4 aliphatic carbocycles. The maximum atomic E-state index is 11.2. The molecule has 4 rings (SSSR count). The van der Waals surface area contributed by atoms with Gasteiger partial charge in [-0.15, -0.1) is 0 Å². The molecule has 0 spiro atoms. The maximum absolute atomic E-state index is 11.2. The SMILES string of the molecule is O=C(O)C1=CCCC2=C(C3=C4CCC=C(C(=O)O)C4=C3)C=C12. The van der Waals surface area contributed by atoms with Gasteiger partial charge in [-0.2, -0.15) is 0 Å². The second-order valence-corrected chi connectivity index (χ2v) is 5.82. The van der Waals surface area contributed by atoms with Gasteiger partial charge in [-0.25, -0.2) is 9.59 Å². The number of carboxylic acid groups (broad SMARTS) is 2. The lowest BCUT2D eigenvalue weighted by atomic mass is 9.68. The molecule has 0 aliphatic heterocycles. The number of carbonyl (C=O) groups is 2.